The van der Waals surface area contributed by atoms with Crippen LogP contribution in [0.25, 0.3) is 0 Å². The van der Waals surface area contributed by atoms with Crippen molar-refractivity contribution < 1.29 is 9.53 Å². The van der Waals surface area contributed by atoms with Crippen LogP contribution in [0.3, 0.4) is 0 Å². The van der Waals surface area contributed by atoms with Gasteiger partial charge in [0.2, 0.25) is 0 Å². The van der Waals surface area contributed by atoms with Gasteiger partial charge in [-0.25, -0.2) is 0 Å². The van der Waals surface area contributed by atoms with Gasteiger partial charge < -0.3 is 15.4 Å². The van der Waals surface area contributed by atoms with Crippen LogP contribution in [0.15, 0.2) is 24.3 Å². The minimum Gasteiger partial charge on any atom is -0.380 e. The molecule has 2 N–H and O–H groups in total. The largest absolute Gasteiger partial charge is 0.380 e. The van der Waals surface area contributed by atoms with Crippen molar-refractivity contribution in [3.05, 3.63) is 35.4 Å². The summed E-state index contributed by atoms with van der Waals surface area (Å²) in [6.07, 6.45) is 2.31. The molecule has 1 aromatic rings. The summed E-state index contributed by atoms with van der Waals surface area (Å²) in [4.78, 5) is 11.4. The lowest BCUT2D eigenvalue weighted by atomic mass is 10.1. The first-order valence-electron chi connectivity index (χ1n) is 6.42. The lowest BCUT2D eigenvalue weighted by Gasteiger charge is -2.23. The van der Waals surface area contributed by atoms with Crippen molar-refractivity contribution in [3.63, 3.8) is 0 Å². The lowest BCUT2D eigenvalue weighted by Crippen LogP contribution is -2.36. The summed E-state index contributed by atoms with van der Waals surface area (Å²) in [6.45, 7) is 2.51. The van der Waals surface area contributed by atoms with E-state index >= 15 is 0 Å². The highest BCUT2D eigenvalue weighted by atomic mass is 16.5. The number of carbonyl (C=O) groups is 1. The summed E-state index contributed by atoms with van der Waals surface area (Å²) in [5.74, 6) is -0.0461. The van der Waals surface area contributed by atoms with Gasteiger partial charge in [0.1, 0.15) is 0 Å². The highest BCUT2D eigenvalue weighted by Crippen LogP contribution is 2.08. The van der Waals surface area contributed by atoms with Gasteiger partial charge in [-0.2, -0.15) is 0 Å². The molecule has 1 aromatic carbocycles. The maximum atomic E-state index is 11.4. The Morgan fingerprint density at radius 2 is 2.17 bits per heavy atom. The van der Waals surface area contributed by atoms with Gasteiger partial charge in [0.05, 0.1) is 6.61 Å². The molecule has 1 aliphatic rings. The molecule has 1 atom stereocenters. The molecule has 0 bridgehead atoms. The Hall–Kier alpha value is -1.39. The maximum absolute atomic E-state index is 11.4. The van der Waals surface area contributed by atoms with E-state index in [1.54, 1.807) is 7.05 Å². The quantitative estimate of drug-likeness (QED) is 0.845. The molecular formula is C14H20N2O2. The SMILES string of the molecule is CNC(=O)c1ccc(CNC2CCCOC2)cc1. The van der Waals surface area contributed by atoms with Gasteiger partial charge in [-0.1, -0.05) is 12.1 Å². The third kappa shape index (κ3) is 3.55. The van der Waals surface area contributed by atoms with Gasteiger partial charge in [-0.3, -0.25) is 4.79 Å². The number of hydrogen-bond acceptors (Lipinski definition) is 3. The van der Waals surface area contributed by atoms with E-state index < -0.39 is 0 Å². The molecule has 0 aromatic heterocycles. The van der Waals surface area contributed by atoms with E-state index in [0.29, 0.717) is 11.6 Å². The summed E-state index contributed by atoms with van der Waals surface area (Å²) in [5, 5.41) is 6.09. The standard InChI is InChI=1S/C14H20N2O2/c1-15-14(17)12-6-4-11(5-7-12)9-16-13-3-2-8-18-10-13/h4-7,13,16H,2-3,8-10H2,1H3,(H,15,17). The van der Waals surface area contributed by atoms with Crippen LogP contribution in [-0.2, 0) is 11.3 Å². The second-order valence-corrected chi connectivity index (χ2v) is 4.57. The van der Waals surface area contributed by atoms with Crippen LogP contribution >= 0.6 is 0 Å². The predicted molar refractivity (Wildman–Crippen MR) is 70.5 cm³/mol. The zero-order valence-electron chi connectivity index (χ0n) is 10.7. The molecule has 98 valence electrons. The third-order valence-electron chi connectivity index (χ3n) is 3.20. The number of rotatable bonds is 4. The molecule has 18 heavy (non-hydrogen) atoms. The van der Waals surface area contributed by atoms with Crippen LogP contribution in [0.2, 0.25) is 0 Å². The number of amides is 1. The number of ether oxygens (including phenoxy) is 1. The topological polar surface area (TPSA) is 50.4 Å². The molecule has 1 heterocycles. The monoisotopic (exact) mass is 248 g/mol. The first-order chi connectivity index (χ1) is 8.79. The number of benzene rings is 1. The fraction of sp³-hybridized carbons (Fsp3) is 0.500. The Bertz CT molecular complexity index is 383. The molecule has 2 rings (SSSR count). The molecular weight excluding hydrogens is 228 g/mol. The third-order valence-corrected chi connectivity index (χ3v) is 3.20. The van der Waals surface area contributed by atoms with Gasteiger partial charge in [0, 0.05) is 31.8 Å². The summed E-state index contributed by atoms with van der Waals surface area (Å²) >= 11 is 0. The molecule has 0 radical (unpaired) electrons. The second kappa shape index (κ2) is 6.52. The zero-order chi connectivity index (χ0) is 12.8. The fourth-order valence-electron chi connectivity index (χ4n) is 2.08. The molecule has 0 aliphatic carbocycles. The zero-order valence-corrected chi connectivity index (χ0v) is 10.7. The fourth-order valence-corrected chi connectivity index (χ4v) is 2.08. The Morgan fingerprint density at radius 1 is 1.39 bits per heavy atom. The average Bonchev–Trinajstić information content (AvgIpc) is 2.46. The van der Waals surface area contributed by atoms with Gasteiger partial charge in [0.25, 0.3) is 5.91 Å². The molecule has 1 amide bonds. The summed E-state index contributed by atoms with van der Waals surface area (Å²) < 4.78 is 5.42. The molecule has 1 aliphatic heterocycles. The van der Waals surface area contributed by atoms with E-state index in [9.17, 15) is 4.79 Å². The average molecular weight is 248 g/mol. The number of hydrogen-bond donors (Lipinski definition) is 2. The minimum absolute atomic E-state index is 0.0461. The van der Waals surface area contributed by atoms with E-state index in [-0.39, 0.29) is 5.91 Å². The highest BCUT2D eigenvalue weighted by molar-refractivity contribution is 5.93. The van der Waals surface area contributed by atoms with Crippen LogP contribution in [0.4, 0.5) is 0 Å². The van der Waals surface area contributed by atoms with Crippen LogP contribution in [0.5, 0.6) is 0 Å². The molecule has 1 saturated heterocycles. The Kier molecular flexibility index (Phi) is 4.73. The number of carbonyl (C=O) groups excluding carboxylic acids is 1. The molecule has 1 fully saturated rings. The van der Waals surface area contributed by atoms with E-state index in [0.717, 1.165) is 26.2 Å². The normalized spacial score (nSPS) is 19.5. The van der Waals surface area contributed by atoms with Crippen LogP contribution in [0.1, 0.15) is 28.8 Å². The second-order valence-electron chi connectivity index (χ2n) is 4.57. The molecule has 0 spiro atoms. The van der Waals surface area contributed by atoms with Gasteiger partial charge in [-0.15, -0.1) is 0 Å². The van der Waals surface area contributed by atoms with E-state index in [4.69, 9.17) is 4.74 Å². The van der Waals surface area contributed by atoms with Gasteiger partial charge in [0.15, 0.2) is 0 Å². The smallest absolute Gasteiger partial charge is 0.251 e. The van der Waals surface area contributed by atoms with Crippen LogP contribution < -0.4 is 10.6 Å². The predicted octanol–water partition coefficient (Wildman–Crippen LogP) is 1.31. The van der Waals surface area contributed by atoms with Crippen molar-refractivity contribution in [2.75, 3.05) is 20.3 Å². The van der Waals surface area contributed by atoms with Crippen LogP contribution in [0, 0.1) is 0 Å². The van der Waals surface area contributed by atoms with Crippen molar-refractivity contribution in [1.29, 1.82) is 0 Å². The first kappa shape index (κ1) is 13.1. The summed E-state index contributed by atoms with van der Waals surface area (Å²) in [7, 11) is 1.64. The molecule has 4 heteroatoms. The van der Waals surface area contributed by atoms with Crippen molar-refractivity contribution in [2.45, 2.75) is 25.4 Å². The van der Waals surface area contributed by atoms with E-state index in [1.165, 1.54) is 12.0 Å². The Morgan fingerprint density at radius 3 is 2.78 bits per heavy atom. The Labute approximate surface area is 108 Å². The van der Waals surface area contributed by atoms with Crippen molar-refractivity contribution in [2.24, 2.45) is 0 Å². The molecule has 4 nitrogen and oxygen atoms in total. The molecule has 1 unspecified atom stereocenters. The highest BCUT2D eigenvalue weighted by Gasteiger charge is 2.12. The lowest BCUT2D eigenvalue weighted by molar-refractivity contribution is 0.0699. The maximum Gasteiger partial charge on any atom is 0.251 e. The number of nitrogens with one attached hydrogen (secondary N) is 2. The van der Waals surface area contributed by atoms with E-state index in [1.807, 2.05) is 24.3 Å². The molecule has 0 saturated carbocycles. The van der Waals surface area contributed by atoms with Crippen molar-refractivity contribution in [1.82, 2.24) is 10.6 Å². The van der Waals surface area contributed by atoms with Crippen molar-refractivity contribution in [3.8, 4) is 0 Å². The summed E-state index contributed by atoms with van der Waals surface area (Å²) in [5.41, 5.74) is 1.88. The van der Waals surface area contributed by atoms with Crippen LogP contribution in [-0.4, -0.2) is 32.2 Å². The Balaban J connectivity index is 1.84. The minimum atomic E-state index is -0.0461. The summed E-state index contributed by atoms with van der Waals surface area (Å²) in [6, 6.07) is 8.14. The first-order valence-corrected chi connectivity index (χ1v) is 6.42. The van der Waals surface area contributed by atoms with Crippen molar-refractivity contribution >= 4 is 5.91 Å². The van der Waals surface area contributed by atoms with Gasteiger partial charge >= 0.3 is 0 Å². The van der Waals surface area contributed by atoms with E-state index in [2.05, 4.69) is 10.6 Å². The van der Waals surface area contributed by atoms with Gasteiger partial charge in [-0.05, 0) is 30.5 Å².